The third-order valence-corrected chi connectivity index (χ3v) is 3.08. The quantitative estimate of drug-likeness (QED) is 0.328. The molecule has 0 amide bonds. The summed E-state index contributed by atoms with van der Waals surface area (Å²) >= 11 is 5.59. The van der Waals surface area contributed by atoms with E-state index in [-0.39, 0.29) is 12.4 Å². The average Bonchev–Trinajstić information content (AvgIpc) is 2.48. The molecule has 0 saturated carbocycles. The minimum atomic E-state index is 0.0974. The number of carbonyl (C=O) groups is 1. The molecular formula is C15H30ClNO4. The molecule has 5 nitrogen and oxygen atoms in total. The molecule has 0 heterocycles. The first kappa shape index (κ1) is 20.8. The zero-order valence-corrected chi connectivity index (χ0v) is 13.7. The van der Waals surface area contributed by atoms with E-state index in [9.17, 15) is 4.79 Å². The second kappa shape index (κ2) is 17.9. The summed E-state index contributed by atoms with van der Waals surface area (Å²) < 4.78 is 15.9. The summed E-state index contributed by atoms with van der Waals surface area (Å²) in [5.41, 5.74) is 5.26. The standard InChI is InChI=1S/C15H30ClNO4/c16-7-3-1-2-4-9-19-12-13-20-10-5-6-15(18)14-21-11-8-17/h1-14,17H2. The van der Waals surface area contributed by atoms with E-state index in [1.165, 1.54) is 12.8 Å². The van der Waals surface area contributed by atoms with Crippen LogP contribution in [-0.2, 0) is 19.0 Å². The number of hydrogen-bond acceptors (Lipinski definition) is 5. The first-order chi connectivity index (χ1) is 10.3. The van der Waals surface area contributed by atoms with Gasteiger partial charge in [-0.05, 0) is 19.3 Å². The third-order valence-electron chi connectivity index (χ3n) is 2.81. The molecule has 0 bridgehead atoms. The predicted molar refractivity (Wildman–Crippen MR) is 84.9 cm³/mol. The van der Waals surface area contributed by atoms with Gasteiger partial charge in [-0.1, -0.05) is 12.8 Å². The first-order valence-corrected chi connectivity index (χ1v) is 8.35. The summed E-state index contributed by atoms with van der Waals surface area (Å²) in [6, 6.07) is 0. The second-order valence-electron chi connectivity index (χ2n) is 4.81. The highest BCUT2D eigenvalue weighted by molar-refractivity contribution is 6.17. The lowest BCUT2D eigenvalue weighted by Gasteiger charge is -2.06. The van der Waals surface area contributed by atoms with E-state index >= 15 is 0 Å². The van der Waals surface area contributed by atoms with E-state index in [1.54, 1.807) is 0 Å². The number of Topliss-reactive ketones (excluding diaryl/α,β-unsaturated/α-hetero) is 1. The van der Waals surface area contributed by atoms with Crippen LogP contribution in [0, 0.1) is 0 Å². The maximum atomic E-state index is 11.3. The van der Waals surface area contributed by atoms with Crippen LogP contribution in [0.25, 0.3) is 0 Å². The van der Waals surface area contributed by atoms with Gasteiger partial charge in [-0.25, -0.2) is 0 Å². The van der Waals surface area contributed by atoms with Gasteiger partial charge in [0.25, 0.3) is 0 Å². The van der Waals surface area contributed by atoms with Gasteiger partial charge in [0.1, 0.15) is 6.61 Å². The average molecular weight is 324 g/mol. The maximum absolute atomic E-state index is 11.3. The molecule has 0 spiro atoms. The molecule has 6 heteroatoms. The van der Waals surface area contributed by atoms with Gasteiger partial charge < -0.3 is 19.9 Å². The molecule has 0 aromatic rings. The summed E-state index contributed by atoms with van der Waals surface area (Å²) in [6.45, 7) is 3.60. The fourth-order valence-electron chi connectivity index (χ4n) is 1.69. The second-order valence-corrected chi connectivity index (χ2v) is 5.19. The van der Waals surface area contributed by atoms with Crippen LogP contribution < -0.4 is 5.73 Å². The molecule has 0 aliphatic heterocycles. The van der Waals surface area contributed by atoms with Crippen LogP contribution in [0.4, 0.5) is 0 Å². The van der Waals surface area contributed by atoms with E-state index < -0.39 is 0 Å². The number of halogens is 1. The van der Waals surface area contributed by atoms with E-state index in [0.29, 0.717) is 39.4 Å². The molecule has 2 N–H and O–H groups in total. The molecule has 0 radical (unpaired) electrons. The first-order valence-electron chi connectivity index (χ1n) is 7.82. The highest BCUT2D eigenvalue weighted by Crippen LogP contribution is 2.01. The Balaban J connectivity index is 3.06. The highest BCUT2D eigenvalue weighted by Gasteiger charge is 2.01. The Morgan fingerprint density at radius 2 is 1.48 bits per heavy atom. The lowest BCUT2D eigenvalue weighted by molar-refractivity contribution is -0.123. The number of rotatable bonds is 17. The van der Waals surface area contributed by atoms with Crippen LogP contribution in [-0.4, -0.2) is 57.8 Å². The number of alkyl halides is 1. The molecule has 0 aromatic carbocycles. The summed E-state index contributed by atoms with van der Waals surface area (Å²) in [4.78, 5) is 11.3. The zero-order valence-electron chi connectivity index (χ0n) is 13.0. The normalized spacial score (nSPS) is 11.0. The van der Waals surface area contributed by atoms with Crippen molar-refractivity contribution in [3.8, 4) is 0 Å². The third kappa shape index (κ3) is 17.7. The minimum Gasteiger partial charge on any atom is -0.379 e. The largest absolute Gasteiger partial charge is 0.379 e. The summed E-state index contributed by atoms with van der Waals surface area (Å²) in [7, 11) is 0. The van der Waals surface area contributed by atoms with E-state index in [4.69, 9.17) is 31.5 Å². The molecule has 0 aliphatic carbocycles. The van der Waals surface area contributed by atoms with Gasteiger partial charge in [0, 0.05) is 32.1 Å². The van der Waals surface area contributed by atoms with Gasteiger partial charge in [-0.2, -0.15) is 0 Å². The summed E-state index contributed by atoms with van der Waals surface area (Å²) in [5.74, 6) is 0.844. The fourth-order valence-corrected chi connectivity index (χ4v) is 1.88. The van der Waals surface area contributed by atoms with Crippen molar-refractivity contribution in [3.63, 3.8) is 0 Å². The van der Waals surface area contributed by atoms with Gasteiger partial charge in [0.2, 0.25) is 0 Å². The number of ether oxygens (including phenoxy) is 3. The Bertz CT molecular complexity index is 230. The molecule has 0 rings (SSSR count). The Morgan fingerprint density at radius 1 is 0.810 bits per heavy atom. The van der Waals surface area contributed by atoms with Crippen molar-refractivity contribution in [2.45, 2.75) is 38.5 Å². The molecule has 0 aliphatic rings. The van der Waals surface area contributed by atoms with Crippen LogP contribution in [0.5, 0.6) is 0 Å². The number of carbonyl (C=O) groups excluding carboxylic acids is 1. The van der Waals surface area contributed by atoms with E-state index in [1.807, 2.05) is 0 Å². The summed E-state index contributed by atoms with van der Waals surface area (Å²) in [5, 5.41) is 0. The summed E-state index contributed by atoms with van der Waals surface area (Å²) in [6.07, 6.45) is 5.72. The van der Waals surface area contributed by atoms with Crippen LogP contribution >= 0.6 is 11.6 Å². The van der Waals surface area contributed by atoms with Gasteiger partial charge >= 0.3 is 0 Å². The molecule has 0 saturated heterocycles. The molecule has 0 fully saturated rings. The van der Waals surface area contributed by atoms with E-state index in [2.05, 4.69) is 0 Å². The predicted octanol–water partition coefficient (Wildman–Crippen LogP) is 2.14. The highest BCUT2D eigenvalue weighted by atomic mass is 35.5. The Labute approximate surface area is 133 Å². The lowest BCUT2D eigenvalue weighted by atomic mass is 10.2. The van der Waals surface area contributed by atoms with Gasteiger partial charge in [0.15, 0.2) is 5.78 Å². The molecule has 0 aromatic heterocycles. The minimum absolute atomic E-state index is 0.0974. The van der Waals surface area contributed by atoms with Gasteiger partial charge in [-0.3, -0.25) is 4.79 Å². The monoisotopic (exact) mass is 323 g/mol. The van der Waals surface area contributed by atoms with Crippen molar-refractivity contribution in [1.82, 2.24) is 0 Å². The molecular weight excluding hydrogens is 294 g/mol. The van der Waals surface area contributed by atoms with Gasteiger partial charge in [0.05, 0.1) is 19.8 Å². The number of nitrogens with two attached hydrogens (primary N) is 1. The Hall–Kier alpha value is -0.200. The van der Waals surface area contributed by atoms with Crippen LogP contribution in [0.3, 0.4) is 0 Å². The van der Waals surface area contributed by atoms with Crippen LogP contribution in [0.1, 0.15) is 38.5 Å². The van der Waals surface area contributed by atoms with Gasteiger partial charge in [-0.15, -0.1) is 11.6 Å². The van der Waals surface area contributed by atoms with Crippen molar-refractivity contribution in [2.75, 3.05) is 52.1 Å². The maximum Gasteiger partial charge on any atom is 0.158 e. The molecule has 0 atom stereocenters. The molecule has 21 heavy (non-hydrogen) atoms. The Morgan fingerprint density at radius 3 is 2.14 bits per heavy atom. The molecule has 0 unspecified atom stereocenters. The SMILES string of the molecule is NCCOCC(=O)CCCOCCOCCCCCCCl. The van der Waals surface area contributed by atoms with Crippen molar-refractivity contribution in [1.29, 1.82) is 0 Å². The van der Waals surface area contributed by atoms with Crippen molar-refractivity contribution in [2.24, 2.45) is 5.73 Å². The van der Waals surface area contributed by atoms with E-state index in [0.717, 1.165) is 31.7 Å². The zero-order chi connectivity index (χ0) is 15.6. The number of hydrogen-bond donors (Lipinski definition) is 1. The smallest absolute Gasteiger partial charge is 0.158 e. The molecule has 126 valence electrons. The lowest BCUT2D eigenvalue weighted by Crippen LogP contribution is -2.15. The number of ketones is 1. The van der Waals surface area contributed by atoms with Crippen molar-refractivity contribution >= 4 is 17.4 Å². The fraction of sp³-hybridized carbons (Fsp3) is 0.933. The number of unbranched alkanes of at least 4 members (excludes halogenated alkanes) is 3. The van der Waals surface area contributed by atoms with Crippen LogP contribution in [0.2, 0.25) is 0 Å². The Kier molecular flexibility index (Phi) is 17.7. The van der Waals surface area contributed by atoms with Crippen LogP contribution in [0.15, 0.2) is 0 Å². The van der Waals surface area contributed by atoms with Crippen molar-refractivity contribution in [3.05, 3.63) is 0 Å². The topological polar surface area (TPSA) is 70.8 Å². The van der Waals surface area contributed by atoms with Crippen molar-refractivity contribution < 1.29 is 19.0 Å².